The number of morpholine rings is 1. The van der Waals surface area contributed by atoms with E-state index >= 15 is 0 Å². The van der Waals surface area contributed by atoms with Gasteiger partial charge in [0, 0.05) is 32.7 Å². The Bertz CT molecular complexity index is 591. The van der Waals surface area contributed by atoms with E-state index in [1.165, 1.54) is 11.1 Å². The molecule has 1 aliphatic rings. The van der Waals surface area contributed by atoms with Gasteiger partial charge in [0.2, 0.25) is 5.91 Å². The summed E-state index contributed by atoms with van der Waals surface area (Å²) in [6.07, 6.45) is 0. The van der Waals surface area contributed by atoms with Crippen LogP contribution in [0.25, 0.3) is 0 Å². The highest BCUT2D eigenvalue weighted by molar-refractivity contribution is 14.0. The molecule has 1 aromatic carbocycles. The molecule has 1 aliphatic heterocycles. The summed E-state index contributed by atoms with van der Waals surface area (Å²) < 4.78 is 5.42. The second-order valence-electron chi connectivity index (χ2n) is 6.16. The molecule has 0 aliphatic carbocycles. The van der Waals surface area contributed by atoms with Crippen molar-refractivity contribution in [3.63, 3.8) is 0 Å². The van der Waals surface area contributed by atoms with Crippen LogP contribution in [0.5, 0.6) is 0 Å². The summed E-state index contributed by atoms with van der Waals surface area (Å²) in [5.41, 5.74) is 2.49. The highest BCUT2D eigenvalue weighted by atomic mass is 127. The number of nitrogens with one attached hydrogen (secondary N) is 3. The van der Waals surface area contributed by atoms with Gasteiger partial charge in [-0.15, -0.1) is 24.0 Å². The van der Waals surface area contributed by atoms with Crippen LogP contribution in [0.2, 0.25) is 0 Å². The molecule has 1 amide bonds. The normalized spacial score (nSPS) is 15.0. The molecule has 8 heteroatoms. The molecule has 1 fully saturated rings. The number of carbonyl (C=O) groups is 1. The van der Waals surface area contributed by atoms with Gasteiger partial charge >= 0.3 is 0 Å². The van der Waals surface area contributed by atoms with Crippen LogP contribution in [0.15, 0.2) is 29.3 Å². The first-order valence-corrected chi connectivity index (χ1v) is 9.38. The lowest BCUT2D eigenvalue weighted by Gasteiger charge is -2.27. The largest absolute Gasteiger partial charge is 0.379 e. The first kappa shape index (κ1) is 23.6. The zero-order chi connectivity index (χ0) is 18.6. The molecule has 0 aromatic heterocycles. The molecule has 0 saturated carbocycles. The fraction of sp³-hybridized carbons (Fsp3) is 0.579. The van der Waals surface area contributed by atoms with E-state index in [2.05, 4.69) is 44.0 Å². The quantitative estimate of drug-likeness (QED) is 0.292. The van der Waals surface area contributed by atoms with Gasteiger partial charge in [-0.2, -0.15) is 0 Å². The molecule has 1 heterocycles. The number of guanidine groups is 1. The molecule has 152 valence electrons. The Hall–Kier alpha value is -1.39. The third-order valence-electron chi connectivity index (χ3n) is 4.16. The number of ether oxygens (including phenoxy) is 1. The highest BCUT2D eigenvalue weighted by Gasteiger charge is 2.12. The number of aliphatic imine (C=N–C) groups is 1. The summed E-state index contributed by atoms with van der Waals surface area (Å²) in [5.74, 6) is 0.616. The summed E-state index contributed by atoms with van der Waals surface area (Å²) in [4.78, 5) is 18.7. The molecular weight excluding hydrogens is 457 g/mol. The van der Waals surface area contributed by atoms with Crippen molar-refractivity contribution in [2.45, 2.75) is 26.9 Å². The van der Waals surface area contributed by atoms with Gasteiger partial charge in [0.05, 0.1) is 26.3 Å². The molecule has 1 saturated heterocycles. The first-order valence-electron chi connectivity index (χ1n) is 9.38. The first-order chi connectivity index (χ1) is 12.7. The Balaban J connectivity index is 0.00000364. The van der Waals surface area contributed by atoms with Gasteiger partial charge in [-0.25, -0.2) is 4.99 Å². The van der Waals surface area contributed by atoms with Crippen LogP contribution in [0.1, 0.15) is 25.0 Å². The summed E-state index contributed by atoms with van der Waals surface area (Å²) in [7, 11) is 0. The standard InChI is InChI=1S/C19H31N5O2.HI/c1-3-20-18(25)14-23-19(21-4-2)22-13-16-7-5-6-8-17(16)15-24-9-11-26-12-10-24;/h5-8H,3-4,9-15H2,1-2H3,(H,20,25)(H2,21,22,23);1H. The Labute approximate surface area is 179 Å². The molecule has 7 nitrogen and oxygen atoms in total. The highest BCUT2D eigenvalue weighted by Crippen LogP contribution is 2.14. The number of nitrogens with zero attached hydrogens (tertiary/aromatic N) is 2. The van der Waals surface area contributed by atoms with Gasteiger partial charge in [-0.3, -0.25) is 9.69 Å². The smallest absolute Gasteiger partial charge is 0.239 e. The van der Waals surface area contributed by atoms with Gasteiger partial charge < -0.3 is 20.7 Å². The third kappa shape index (κ3) is 8.89. The average Bonchev–Trinajstić information content (AvgIpc) is 2.66. The van der Waals surface area contributed by atoms with E-state index < -0.39 is 0 Å². The van der Waals surface area contributed by atoms with Gasteiger partial charge in [0.1, 0.15) is 0 Å². The number of hydrogen-bond donors (Lipinski definition) is 3. The van der Waals surface area contributed by atoms with Crippen LogP contribution < -0.4 is 16.0 Å². The zero-order valence-corrected chi connectivity index (χ0v) is 18.6. The van der Waals surface area contributed by atoms with Gasteiger partial charge in [-0.1, -0.05) is 24.3 Å². The van der Waals surface area contributed by atoms with Crippen molar-refractivity contribution in [2.24, 2.45) is 4.99 Å². The monoisotopic (exact) mass is 489 g/mol. The Morgan fingerprint density at radius 2 is 1.74 bits per heavy atom. The fourth-order valence-electron chi connectivity index (χ4n) is 2.80. The Morgan fingerprint density at radius 1 is 1.07 bits per heavy atom. The zero-order valence-electron chi connectivity index (χ0n) is 16.3. The van der Waals surface area contributed by atoms with Crippen molar-refractivity contribution in [1.82, 2.24) is 20.9 Å². The average molecular weight is 489 g/mol. The van der Waals surface area contributed by atoms with Gasteiger partial charge in [0.25, 0.3) is 0 Å². The summed E-state index contributed by atoms with van der Waals surface area (Å²) in [6.45, 7) is 10.5. The Morgan fingerprint density at radius 3 is 2.41 bits per heavy atom. The van der Waals surface area contributed by atoms with Gasteiger partial charge in [-0.05, 0) is 25.0 Å². The molecule has 0 atom stereocenters. The minimum Gasteiger partial charge on any atom is -0.379 e. The van der Waals surface area contributed by atoms with Crippen molar-refractivity contribution in [2.75, 3.05) is 45.9 Å². The predicted octanol–water partition coefficient (Wildman–Crippen LogP) is 1.33. The molecule has 0 bridgehead atoms. The van der Waals surface area contributed by atoms with Crippen molar-refractivity contribution in [3.05, 3.63) is 35.4 Å². The minimum absolute atomic E-state index is 0. The van der Waals surface area contributed by atoms with Crippen molar-refractivity contribution in [3.8, 4) is 0 Å². The fourth-order valence-corrected chi connectivity index (χ4v) is 2.80. The molecule has 0 spiro atoms. The Kier molecular flexibility index (Phi) is 12.0. The van der Waals surface area contributed by atoms with Crippen molar-refractivity contribution < 1.29 is 9.53 Å². The molecule has 0 radical (unpaired) electrons. The maximum atomic E-state index is 11.6. The predicted molar refractivity (Wildman–Crippen MR) is 119 cm³/mol. The van der Waals surface area contributed by atoms with Crippen molar-refractivity contribution >= 4 is 35.8 Å². The van der Waals surface area contributed by atoms with Crippen LogP contribution in [0, 0.1) is 0 Å². The van der Waals surface area contributed by atoms with E-state index in [0.717, 1.165) is 39.4 Å². The summed E-state index contributed by atoms with van der Waals surface area (Å²) in [6, 6.07) is 8.40. The maximum Gasteiger partial charge on any atom is 0.239 e. The van der Waals surface area contributed by atoms with E-state index in [-0.39, 0.29) is 36.4 Å². The van der Waals surface area contributed by atoms with E-state index in [1.807, 2.05) is 19.9 Å². The van der Waals surface area contributed by atoms with E-state index in [9.17, 15) is 4.79 Å². The van der Waals surface area contributed by atoms with E-state index in [0.29, 0.717) is 19.0 Å². The van der Waals surface area contributed by atoms with E-state index in [4.69, 9.17) is 4.74 Å². The van der Waals surface area contributed by atoms with E-state index in [1.54, 1.807) is 0 Å². The minimum atomic E-state index is -0.0363. The number of hydrogen-bond acceptors (Lipinski definition) is 4. The number of carbonyl (C=O) groups excluding carboxylic acids is 1. The summed E-state index contributed by atoms with van der Waals surface area (Å²) >= 11 is 0. The number of rotatable bonds is 8. The maximum absolute atomic E-state index is 11.6. The van der Waals surface area contributed by atoms with Crippen LogP contribution in [0.4, 0.5) is 0 Å². The lowest BCUT2D eigenvalue weighted by Crippen LogP contribution is -2.43. The van der Waals surface area contributed by atoms with Crippen LogP contribution >= 0.6 is 24.0 Å². The van der Waals surface area contributed by atoms with Crippen LogP contribution in [-0.2, 0) is 22.6 Å². The van der Waals surface area contributed by atoms with Gasteiger partial charge in [0.15, 0.2) is 5.96 Å². The molecule has 27 heavy (non-hydrogen) atoms. The number of likely N-dealkylation sites (N-methyl/N-ethyl adjacent to an activating group) is 1. The topological polar surface area (TPSA) is 78.0 Å². The molecular formula is C19H32IN5O2. The van der Waals surface area contributed by atoms with Crippen LogP contribution in [0.3, 0.4) is 0 Å². The molecule has 2 rings (SSSR count). The number of benzene rings is 1. The molecule has 0 unspecified atom stereocenters. The molecule has 1 aromatic rings. The second-order valence-corrected chi connectivity index (χ2v) is 6.16. The summed E-state index contributed by atoms with van der Waals surface area (Å²) in [5, 5.41) is 9.03. The number of amides is 1. The number of halogens is 1. The molecule has 3 N–H and O–H groups in total. The second kappa shape index (κ2) is 13.7. The lowest BCUT2D eigenvalue weighted by molar-refractivity contribution is -0.119. The van der Waals surface area contributed by atoms with Crippen molar-refractivity contribution in [1.29, 1.82) is 0 Å². The SMILES string of the molecule is CCNC(=O)CNC(=NCc1ccccc1CN1CCOCC1)NCC.I. The lowest BCUT2D eigenvalue weighted by atomic mass is 10.1. The third-order valence-corrected chi connectivity index (χ3v) is 4.16. The van der Waals surface area contributed by atoms with Crippen LogP contribution in [-0.4, -0.2) is 62.7 Å².